The van der Waals surface area contributed by atoms with Gasteiger partial charge in [0.1, 0.15) is 0 Å². The zero-order valence-electron chi connectivity index (χ0n) is 19.5. The van der Waals surface area contributed by atoms with Gasteiger partial charge in [0.25, 0.3) is 0 Å². The van der Waals surface area contributed by atoms with Gasteiger partial charge in [0, 0.05) is 0 Å². The lowest BCUT2D eigenvalue weighted by Crippen LogP contribution is -2.77. The van der Waals surface area contributed by atoms with Crippen LogP contribution in [0.1, 0.15) is 107 Å². The summed E-state index contributed by atoms with van der Waals surface area (Å²) in [6.45, 7) is 23.0. The average molecular weight is 361 g/mol. The Hall–Kier alpha value is 0. The quantitative estimate of drug-likeness (QED) is 0.429. The lowest BCUT2D eigenvalue weighted by atomic mass is 9.22. The smallest absolute Gasteiger partial charge is 0.0207 e. The van der Waals surface area contributed by atoms with Gasteiger partial charge in [0.05, 0.1) is 0 Å². The Morgan fingerprint density at radius 2 is 1.58 bits per heavy atom. The van der Waals surface area contributed by atoms with E-state index in [0.717, 1.165) is 41.4 Å². The minimum absolute atomic E-state index is 0.592. The van der Waals surface area contributed by atoms with Crippen LogP contribution in [-0.2, 0) is 0 Å². The van der Waals surface area contributed by atoms with Gasteiger partial charge >= 0.3 is 0 Å². The molecule has 3 fully saturated rings. The van der Waals surface area contributed by atoms with Crippen LogP contribution in [0.15, 0.2) is 0 Å². The van der Waals surface area contributed by atoms with Crippen LogP contribution in [-0.4, -0.2) is 0 Å². The van der Waals surface area contributed by atoms with Crippen molar-refractivity contribution in [1.82, 2.24) is 0 Å². The highest BCUT2D eigenvalue weighted by Gasteiger charge is 2.78. The molecule has 0 heterocycles. The van der Waals surface area contributed by atoms with E-state index in [-0.39, 0.29) is 0 Å². The van der Waals surface area contributed by atoms with Gasteiger partial charge in [-0.3, -0.25) is 0 Å². The predicted molar refractivity (Wildman–Crippen MR) is 115 cm³/mol. The van der Waals surface area contributed by atoms with Crippen LogP contribution >= 0.6 is 0 Å². The molecule has 3 aliphatic carbocycles. The molecule has 3 saturated carbocycles. The summed E-state index contributed by atoms with van der Waals surface area (Å²) in [6, 6.07) is 0. The minimum atomic E-state index is 0.592. The summed E-state index contributed by atoms with van der Waals surface area (Å²) in [5, 5.41) is 0. The van der Waals surface area contributed by atoms with Gasteiger partial charge in [0.2, 0.25) is 0 Å². The molecule has 0 radical (unpaired) electrons. The second-order valence-electron chi connectivity index (χ2n) is 11.2. The third-order valence-corrected chi connectivity index (χ3v) is 11.2. The fourth-order valence-corrected chi connectivity index (χ4v) is 10.0. The molecular weight excluding hydrogens is 312 g/mol. The Bertz CT molecular complexity index is 508. The molecular formula is C26H48. The molecule has 0 nitrogen and oxygen atoms in total. The summed E-state index contributed by atoms with van der Waals surface area (Å²) in [6.07, 6.45) is 9.93. The van der Waals surface area contributed by atoms with Gasteiger partial charge in [-0.2, -0.15) is 0 Å². The van der Waals surface area contributed by atoms with Crippen molar-refractivity contribution in [3.05, 3.63) is 0 Å². The van der Waals surface area contributed by atoms with E-state index in [1.54, 1.807) is 0 Å². The molecule has 0 aromatic carbocycles. The molecule has 3 rings (SSSR count). The second kappa shape index (κ2) is 6.81. The van der Waals surface area contributed by atoms with Crippen molar-refractivity contribution >= 4 is 0 Å². The fourth-order valence-electron chi connectivity index (χ4n) is 10.0. The van der Waals surface area contributed by atoms with E-state index in [4.69, 9.17) is 0 Å². The third-order valence-electron chi connectivity index (χ3n) is 11.2. The second-order valence-corrected chi connectivity index (χ2v) is 11.2. The van der Waals surface area contributed by atoms with Gasteiger partial charge in [-0.15, -0.1) is 0 Å². The molecule has 0 heteroatoms. The maximum Gasteiger partial charge on any atom is -0.0207 e. The first-order chi connectivity index (χ1) is 12.2. The van der Waals surface area contributed by atoms with Crippen molar-refractivity contribution in [2.45, 2.75) is 107 Å². The normalized spacial score (nSPS) is 53.9. The largest absolute Gasteiger partial charge is 0.0654 e. The molecule has 0 aromatic rings. The molecule has 26 heavy (non-hydrogen) atoms. The highest BCUT2D eigenvalue weighted by Crippen LogP contribution is 2.83. The van der Waals surface area contributed by atoms with Crippen LogP contribution in [0.2, 0.25) is 0 Å². The SMILES string of the molecule is CCCC(CC)C1C(C)C2C3C(CC)C(C)(CC)C3(CC)CC(C)C12C. The summed E-state index contributed by atoms with van der Waals surface area (Å²) in [7, 11) is 0. The van der Waals surface area contributed by atoms with Crippen LogP contribution in [0, 0.1) is 57.7 Å². The molecule has 152 valence electrons. The van der Waals surface area contributed by atoms with Crippen LogP contribution in [0.3, 0.4) is 0 Å². The minimum Gasteiger partial charge on any atom is -0.0654 e. The summed E-state index contributed by atoms with van der Waals surface area (Å²) >= 11 is 0. The Morgan fingerprint density at radius 1 is 0.923 bits per heavy atom. The van der Waals surface area contributed by atoms with Crippen molar-refractivity contribution < 1.29 is 0 Å². The van der Waals surface area contributed by atoms with Gasteiger partial charge in [-0.25, -0.2) is 0 Å². The van der Waals surface area contributed by atoms with Crippen molar-refractivity contribution in [2.24, 2.45) is 57.7 Å². The highest BCUT2D eigenvalue weighted by atomic mass is 14.8. The maximum atomic E-state index is 2.74. The Labute approximate surface area is 165 Å². The van der Waals surface area contributed by atoms with E-state index < -0.39 is 0 Å². The molecule has 0 aromatic heterocycles. The molecule has 10 atom stereocenters. The first-order valence-electron chi connectivity index (χ1n) is 12.2. The zero-order chi connectivity index (χ0) is 19.5. The van der Waals surface area contributed by atoms with E-state index in [1.165, 1.54) is 44.9 Å². The number of hydrogen-bond acceptors (Lipinski definition) is 0. The topological polar surface area (TPSA) is 0 Å². The molecule has 10 unspecified atom stereocenters. The molecule has 0 N–H and O–H groups in total. The van der Waals surface area contributed by atoms with Crippen LogP contribution in [0.4, 0.5) is 0 Å². The van der Waals surface area contributed by atoms with Gasteiger partial charge in [-0.05, 0) is 76.9 Å². The number of rotatable bonds is 7. The molecule has 3 aliphatic rings. The van der Waals surface area contributed by atoms with Gasteiger partial charge < -0.3 is 0 Å². The highest BCUT2D eigenvalue weighted by molar-refractivity contribution is 5.25. The van der Waals surface area contributed by atoms with E-state index >= 15 is 0 Å². The predicted octanol–water partition coefficient (Wildman–Crippen LogP) is 8.21. The Kier molecular flexibility index (Phi) is 5.43. The van der Waals surface area contributed by atoms with Crippen molar-refractivity contribution in [1.29, 1.82) is 0 Å². The summed E-state index contributed by atoms with van der Waals surface area (Å²) in [4.78, 5) is 0. The lowest BCUT2D eigenvalue weighted by molar-refractivity contribution is -0.348. The number of hydrogen-bond donors (Lipinski definition) is 0. The summed E-state index contributed by atoms with van der Waals surface area (Å²) in [5.41, 5.74) is 1.84. The van der Waals surface area contributed by atoms with Crippen molar-refractivity contribution in [3.63, 3.8) is 0 Å². The van der Waals surface area contributed by atoms with Gasteiger partial charge in [0.15, 0.2) is 0 Å². The zero-order valence-corrected chi connectivity index (χ0v) is 19.5. The van der Waals surface area contributed by atoms with E-state index in [1.807, 2.05) is 0 Å². The first-order valence-corrected chi connectivity index (χ1v) is 12.2. The van der Waals surface area contributed by atoms with Crippen molar-refractivity contribution in [2.75, 3.05) is 0 Å². The summed E-state index contributed by atoms with van der Waals surface area (Å²) in [5.74, 6) is 6.77. The van der Waals surface area contributed by atoms with Crippen LogP contribution in [0.25, 0.3) is 0 Å². The van der Waals surface area contributed by atoms with Crippen LogP contribution in [0.5, 0.6) is 0 Å². The monoisotopic (exact) mass is 360 g/mol. The molecule has 0 amide bonds. The summed E-state index contributed by atoms with van der Waals surface area (Å²) < 4.78 is 0. The average Bonchev–Trinajstić information content (AvgIpc) is 2.63. The molecule has 0 saturated heterocycles. The van der Waals surface area contributed by atoms with Gasteiger partial charge in [-0.1, -0.05) is 88.0 Å². The third kappa shape index (κ3) is 2.14. The van der Waals surface area contributed by atoms with Crippen molar-refractivity contribution in [3.8, 4) is 0 Å². The lowest BCUT2D eigenvalue weighted by Gasteiger charge is -2.82. The first kappa shape index (κ1) is 20.7. The Morgan fingerprint density at radius 3 is 2.04 bits per heavy atom. The van der Waals surface area contributed by atoms with E-state index in [0.29, 0.717) is 16.2 Å². The van der Waals surface area contributed by atoms with E-state index in [9.17, 15) is 0 Å². The number of fused-ring (bicyclic) bond motifs is 3. The Balaban J connectivity index is 1.99. The standard InChI is InChI=1S/C26H48/c1-10-15-19(11-2)21-18(7)22-23-20(12-3)24(8,13-4)26(23,14-5)16-17(6)25(21,22)9/h17-23H,10-16H2,1-9H3. The fraction of sp³-hybridized carbons (Fsp3) is 1.00. The van der Waals surface area contributed by atoms with Crippen LogP contribution < -0.4 is 0 Å². The maximum absolute atomic E-state index is 2.74. The van der Waals surface area contributed by atoms with E-state index in [2.05, 4.69) is 62.3 Å². The molecule has 0 aliphatic heterocycles. The molecule has 0 bridgehead atoms. The molecule has 0 spiro atoms.